The van der Waals surface area contributed by atoms with Gasteiger partial charge in [0.15, 0.2) is 4.80 Å². The predicted octanol–water partition coefficient (Wildman–Crippen LogP) is 4.02. The molecule has 156 valence electrons. The Morgan fingerprint density at radius 1 is 0.938 bits per heavy atom. The zero-order valence-electron chi connectivity index (χ0n) is 17.2. The predicted molar refractivity (Wildman–Crippen MR) is 127 cm³/mol. The molecule has 1 aliphatic heterocycles. The van der Waals surface area contributed by atoms with Gasteiger partial charge in [-0.3, -0.25) is 9.36 Å². The van der Waals surface area contributed by atoms with E-state index >= 15 is 0 Å². The Hall–Kier alpha value is -3.70. The Balaban J connectivity index is 1.62. The first-order valence-electron chi connectivity index (χ1n) is 10.7. The van der Waals surface area contributed by atoms with Gasteiger partial charge in [-0.25, -0.2) is 4.99 Å². The first-order chi connectivity index (χ1) is 15.7. The number of aryl methyl sites for hydroxylation is 1. The molecule has 1 aliphatic carbocycles. The van der Waals surface area contributed by atoms with Crippen LogP contribution in [0.1, 0.15) is 34.7 Å². The molecular formula is C27H20N2O2S. The standard InChI is InChI=1S/C27H20N2O2S/c30-20-13-10-17(11-14-20)16-23-26(31)29-25(19-7-2-1-3-8-19)22-15-12-18-6-4-5-9-21(18)24(22)28-27(29)32-23/h1-11,13-14,16,25,30H,12,15H2. The Labute approximate surface area is 188 Å². The van der Waals surface area contributed by atoms with Gasteiger partial charge in [0, 0.05) is 5.56 Å². The van der Waals surface area contributed by atoms with E-state index in [1.54, 1.807) is 12.1 Å². The van der Waals surface area contributed by atoms with Gasteiger partial charge in [0.05, 0.1) is 16.3 Å². The Kier molecular flexibility index (Phi) is 4.44. The fourth-order valence-electron chi connectivity index (χ4n) is 4.68. The molecule has 2 heterocycles. The van der Waals surface area contributed by atoms with Crippen molar-refractivity contribution in [1.29, 1.82) is 0 Å². The number of phenols is 1. The maximum Gasteiger partial charge on any atom is 0.271 e. The minimum Gasteiger partial charge on any atom is -0.508 e. The van der Waals surface area contributed by atoms with Crippen molar-refractivity contribution in [2.45, 2.75) is 18.9 Å². The molecule has 2 aliphatic rings. The summed E-state index contributed by atoms with van der Waals surface area (Å²) in [4.78, 5) is 19.3. The van der Waals surface area contributed by atoms with Crippen LogP contribution in [-0.2, 0) is 6.42 Å². The topological polar surface area (TPSA) is 54.6 Å². The van der Waals surface area contributed by atoms with E-state index in [1.165, 1.54) is 28.0 Å². The third-order valence-electron chi connectivity index (χ3n) is 6.18. The monoisotopic (exact) mass is 436 g/mol. The van der Waals surface area contributed by atoms with Crippen molar-refractivity contribution in [3.8, 4) is 5.75 Å². The number of benzene rings is 3. The number of phenolic OH excluding ortho intramolecular Hbond substituents is 1. The highest BCUT2D eigenvalue weighted by atomic mass is 32.1. The molecule has 3 aromatic carbocycles. The number of nitrogens with zero attached hydrogens (tertiary/aromatic N) is 2. The van der Waals surface area contributed by atoms with E-state index in [0.29, 0.717) is 4.53 Å². The molecule has 0 bridgehead atoms. The fourth-order valence-corrected chi connectivity index (χ4v) is 5.68. The van der Waals surface area contributed by atoms with Crippen LogP contribution in [0.25, 0.3) is 11.8 Å². The summed E-state index contributed by atoms with van der Waals surface area (Å²) in [5, 5.41) is 9.57. The first-order valence-corrected chi connectivity index (χ1v) is 11.5. The van der Waals surface area contributed by atoms with E-state index in [2.05, 4.69) is 36.4 Å². The lowest BCUT2D eigenvalue weighted by Crippen LogP contribution is -2.38. The largest absolute Gasteiger partial charge is 0.508 e. The minimum absolute atomic E-state index is 0.0268. The van der Waals surface area contributed by atoms with Gasteiger partial charge < -0.3 is 5.11 Å². The van der Waals surface area contributed by atoms with Crippen LogP contribution in [0, 0.1) is 0 Å². The average molecular weight is 437 g/mol. The normalized spacial score (nSPS) is 17.4. The Morgan fingerprint density at radius 3 is 2.50 bits per heavy atom. The molecule has 0 saturated heterocycles. The molecule has 5 heteroatoms. The lowest BCUT2D eigenvalue weighted by atomic mass is 9.83. The number of aromatic nitrogens is 1. The number of rotatable bonds is 2. The SMILES string of the molecule is O=c1c(=Cc2ccc(O)cc2)sc2n1C(c1ccccc1)C1=C(N=2)c2ccccc2CC1. The Morgan fingerprint density at radius 2 is 1.69 bits per heavy atom. The summed E-state index contributed by atoms with van der Waals surface area (Å²) in [7, 11) is 0. The van der Waals surface area contributed by atoms with E-state index in [1.807, 2.05) is 41.0 Å². The summed E-state index contributed by atoms with van der Waals surface area (Å²) in [6.07, 6.45) is 3.71. The zero-order chi connectivity index (χ0) is 21.7. The molecule has 0 fully saturated rings. The molecule has 32 heavy (non-hydrogen) atoms. The molecule has 1 atom stereocenters. The number of aromatic hydroxyl groups is 1. The second-order valence-corrected chi connectivity index (χ2v) is 9.13. The van der Waals surface area contributed by atoms with Crippen LogP contribution in [0.2, 0.25) is 0 Å². The lowest BCUT2D eigenvalue weighted by Gasteiger charge is -2.30. The molecule has 1 N–H and O–H groups in total. The summed E-state index contributed by atoms with van der Waals surface area (Å²) < 4.78 is 2.50. The fraction of sp³-hybridized carbons (Fsp3) is 0.111. The number of hydrogen-bond donors (Lipinski definition) is 1. The summed E-state index contributed by atoms with van der Waals surface area (Å²) in [5.41, 5.74) is 6.65. The molecule has 0 amide bonds. The van der Waals surface area contributed by atoms with Gasteiger partial charge in [-0.05, 0) is 53.3 Å². The van der Waals surface area contributed by atoms with Crippen molar-refractivity contribution >= 4 is 23.1 Å². The minimum atomic E-state index is -0.155. The number of fused-ring (bicyclic) bond motifs is 3. The maximum absolute atomic E-state index is 13.6. The van der Waals surface area contributed by atoms with Crippen molar-refractivity contribution in [3.05, 3.63) is 126 Å². The molecular weight excluding hydrogens is 416 g/mol. The molecule has 4 nitrogen and oxygen atoms in total. The Bertz CT molecular complexity index is 1540. The van der Waals surface area contributed by atoms with E-state index in [-0.39, 0.29) is 17.4 Å². The second-order valence-electron chi connectivity index (χ2n) is 8.12. The van der Waals surface area contributed by atoms with Crippen molar-refractivity contribution < 1.29 is 5.11 Å². The van der Waals surface area contributed by atoms with Crippen LogP contribution < -0.4 is 14.9 Å². The van der Waals surface area contributed by atoms with Crippen molar-refractivity contribution in [2.75, 3.05) is 0 Å². The van der Waals surface area contributed by atoms with Gasteiger partial charge in [-0.1, -0.05) is 78.1 Å². The molecule has 4 aromatic rings. The zero-order valence-corrected chi connectivity index (χ0v) is 18.0. The van der Waals surface area contributed by atoms with Crippen LogP contribution >= 0.6 is 11.3 Å². The number of hydrogen-bond acceptors (Lipinski definition) is 4. The summed E-state index contributed by atoms with van der Waals surface area (Å²) in [6, 6.07) is 25.4. The van der Waals surface area contributed by atoms with Gasteiger partial charge in [0.1, 0.15) is 5.75 Å². The maximum atomic E-state index is 13.6. The third kappa shape index (κ3) is 3.05. The molecule has 1 aromatic heterocycles. The smallest absolute Gasteiger partial charge is 0.271 e. The van der Waals surface area contributed by atoms with Gasteiger partial charge in [-0.15, -0.1) is 0 Å². The van der Waals surface area contributed by atoms with Crippen LogP contribution in [0.15, 0.2) is 94.2 Å². The summed E-state index contributed by atoms with van der Waals surface area (Å²) >= 11 is 1.42. The van der Waals surface area contributed by atoms with Gasteiger partial charge in [-0.2, -0.15) is 0 Å². The molecule has 0 saturated carbocycles. The average Bonchev–Trinajstić information content (AvgIpc) is 3.14. The quantitative estimate of drug-likeness (QED) is 0.516. The van der Waals surface area contributed by atoms with Crippen molar-refractivity contribution in [1.82, 2.24) is 4.57 Å². The number of allylic oxidation sites excluding steroid dienone is 1. The number of thiazole rings is 1. The van der Waals surface area contributed by atoms with E-state index in [9.17, 15) is 9.90 Å². The van der Waals surface area contributed by atoms with Gasteiger partial charge in [0.2, 0.25) is 0 Å². The van der Waals surface area contributed by atoms with Crippen molar-refractivity contribution in [2.24, 2.45) is 4.99 Å². The van der Waals surface area contributed by atoms with Crippen LogP contribution in [0.4, 0.5) is 0 Å². The molecule has 6 rings (SSSR count). The van der Waals surface area contributed by atoms with E-state index in [4.69, 9.17) is 4.99 Å². The highest BCUT2D eigenvalue weighted by molar-refractivity contribution is 7.07. The van der Waals surface area contributed by atoms with E-state index < -0.39 is 0 Å². The van der Waals surface area contributed by atoms with Crippen molar-refractivity contribution in [3.63, 3.8) is 0 Å². The highest BCUT2D eigenvalue weighted by Gasteiger charge is 2.32. The second kappa shape index (κ2) is 7.46. The van der Waals surface area contributed by atoms with Crippen LogP contribution in [0.3, 0.4) is 0 Å². The van der Waals surface area contributed by atoms with Gasteiger partial charge in [0.25, 0.3) is 5.56 Å². The van der Waals surface area contributed by atoms with Crippen LogP contribution in [-0.4, -0.2) is 9.67 Å². The van der Waals surface area contributed by atoms with Crippen LogP contribution in [0.5, 0.6) is 5.75 Å². The highest BCUT2D eigenvalue weighted by Crippen LogP contribution is 2.41. The molecule has 1 unspecified atom stereocenters. The van der Waals surface area contributed by atoms with Gasteiger partial charge >= 0.3 is 0 Å². The summed E-state index contributed by atoms with van der Waals surface area (Å²) in [5.74, 6) is 0.207. The summed E-state index contributed by atoms with van der Waals surface area (Å²) in [6.45, 7) is 0. The lowest BCUT2D eigenvalue weighted by molar-refractivity contribution is 0.475. The molecule has 0 spiro atoms. The molecule has 0 radical (unpaired) electrons. The third-order valence-corrected chi connectivity index (χ3v) is 7.16. The van der Waals surface area contributed by atoms with E-state index in [0.717, 1.165) is 34.5 Å². The first kappa shape index (κ1) is 19.0.